The number of halogens is 2. The first-order chi connectivity index (χ1) is 14.3. The van der Waals surface area contributed by atoms with Gasteiger partial charge in [-0.05, 0) is 43.7 Å². The summed E-state index contributed by atoms with van der Waals surface area (Å²) in [5, 5.41) is 0.899. The summed E-state index contributed by atoms with van der Waals surface area (Å²) in [4.78, 5) is 17.6. The molecule has 8 heteroatoms. The van der Waals surface area contributed by atoms with Crippen LogP contribution in [0.4, 0.5) is 8.78 Å². The standard InChI is InChI=1S/C22H26F2N2O3S/c23-18-8-4-7-17(21(18)24)9-14-30(28,29)26-12-10-22(11-13-26)20(27)15-19(25-22)16-5-2-1-3-6-16/h4,7-9,14,16H,1-3,5-6,10-13,15H2/b14-9+. The molecule has 30 heavy (non-hydrogen) atoms. The minimum atomic E-state index is -3.80. The predicted molar refractivity (Wildman–Crippen MR) is 111 cm³/mol. The molecule has 0 N–H and O–H groups in total. The summed E-state index contributed by atoms with van der Waals surface area (Å²) < 4.78 is 53.7. The summed E-state index contributed by atoms with van der Waals surface area (Å²) in [7, 11) is -3.80. The van der Waals surface area contributed by atoms with Gasteiger partial charge in [-0.25, -0.2) is 17.2 Å². The zero-order valence-electron chi connectivity index (χ0n) is 16.8. The summed E-state index contributed by atoms with van der Waals surface area (Å²) >= 11 is 0. The van der Waals surface area contributed by atoms with Crippen LogP contribution in [0, 0.1) is 17.6 Å². The summed E-state index contributed by atoms with van der Waals surface area (Å²) in [5.74, 6) is -1.60. The fraction of sp³-hybridized carbons (Fsp3) is 0.545. The molecule has 1 saturated carbocycles. The highest BCUT2D eigenvalue weighted by atomic mass is 32.2. The van der Waals surface area contributed by atoms with Crippen molar-refractivity contribution in [1.82, 2.24) is 4.31 Å². The van der Waals surface area contributed by atoms with E-state index < -0.39 is 27.2 Å². The van der Waals surface area contributed by atoms with Crippen LogP contribution in [0.3, 0.4) is 0 Å². The van der Waals surface area contributed by atoms with Crippen LogP contribution in [0.25, 0.3) is 6.08 Å². The molecule has 0 amide bonds. The van der Waals surface area contributed by atoms with Crippen LogP contribution in [0.1, 0.15) is 56.9 Å². The molecule has 0 atom stereocenters. The molecule has 0 bridgehead atoms. The van der Waals surface area contributed by atoms with E-state index in [4.69, 9.17) is 4.99 Å². The van der Waals surface area contributed by atoms with Gasteiger partial charge in [-0.15, -0.1) is 0 Å². The Hall–Kier alpha value is -1.93. The Labute approximate surface area is 175 Å². The van der Waals surface area contributed by atoms with Crippen LogP contribution in [-0.2, 0) is 14.8 Å². The number of sulfonamides is 1. The van der Waals surface area contributed by atoms with E-state index in [1.54, 1.807) is 0 Å². The number of piperidine rings is 1. The molecule has 0 radical (unpaired) electrons. The smallest absolute Gasteiger partial charge is 0.236 e. The van der Waals surface area contributed by atoms with Gasteiger partial charge >= 0.3 is 0 Å². The van der Waals surface area contributed by atoms with Crippen LogP contribution < -0.4 is 0 Å². The van der Waals surface area contributed by atoms with Gasteiger partial charge in [-0.1, -0.05) is 31.4 Å². The van der Waals surface area contributed by atoms with Gasteiger partial charge in [0.05, 0.1) is 0 Å². The number of hydrogen-bond donors (Lipinski definition) is 0. The minimum Gasteiger partial charge on any atom is -0.297 e. The molecule has 2 heterocycles. The number of Topliss-reactive ketones (excluding diaryl/α,β-unsaturated/α-hetero) is 1. The Morgan fingerprint density at radius 3 is 2.50 bits per heavy atom. The van der Waals surface area contributed by atoms with Crippen LogP contribution >= 0.6 is 0 Å². The second-order valence-electron chi connectivity index (χ2n) is 8.46. The average Bonchev–Trinajstić information content (AvgIpc) is 3.06. The first-order valence-electron chi connectivity index (χ1n) is 10.5. The quantitative estimate of drug-likeness (QED) is 0.714. The minimum absolute atomic E-state index is 0.109. The Bertz CT molecular complexity index is 990. The second kappa shape index (κ2) is 8.30. The lowest BCUT2D eigenvalue weighted by molar-refractivity contribution is -0.123. The van der Waals surface area contributed by atoms with Crippen molar-refractivity contribution in [2.24, 2.45) is 10.9 Å². The Kier molecular flexibility index (Phi) is 5.90. The van der Waals surface area contributed by atoms with E-state index in [9.17, 15) is 22.0 Å². The van der Waals surface area contributed by atoms with Crippen molar-refractivity contribution in [1.29, 1.82) is 0 Å². The first-order valence-corrected chi connectivity index (χ1v) is 12.1. The monoisotopic (exact) mass is 436 g/mol. The van der Waals surface area contributed by atoms with Gasteiger partial charge in [0, 0.05) is 36.2 Å². The van der Waals surface area contributed by atoms with E-state index in [0.29, 0.717) is 25.2 Å². The molecule has 2 aliphatic heterocycles. The van der Waals surface area contributed by atoms with E-state index in [0.717, 1.165) is 36.1 Å². The molecule has 0 aromatic heterocycles. The number of carbonyl (C=O) groups is 1. The van der Waals surface area contributed by atoms with Crippen molar-refractivity contribution in [3.63, 3.8) is 0 Å². The SMILES string of the molecule is O=C1CC(C2CCCCC2)=NC12CCN(S(=O)(=O)/C=C/c1cccc(F)c1F)CC2. The Morgan fingerprint density at radius 2 is 1.80 bits per heavy atom. The Balaban J connectivity index is 1.44. The second-order valence-corrected chi connectivity index (χ2v) is 10.3. The zero-order valence-corrected chi connectivity index (χ0v) is 17.6. The number of nitrogens with zero attached hydrogens (tertiary/aromatic N) is 2. The molecule has 1 aromatic carbocycles. The van der Waals surface area contributed by atoms with Gasteiger partial charge in [0.1, 0.15) is 5.54 Å². The van der Waals surface area contributed by atoms with Gasteiger partial charge in [0.25, 0.3) is 0 Å². The van der Waals surface area contributed by atoms with Crippen molar-refractivity contribution in [2.45, 2.75) is 56.9 Å². The average molecular weight is 437 g/mol. The number of aliphatic imine (C=N–C) groups is 1. The van der Waals surface area contributed by atoms with Gasteiger partial charge < -0.3 is 0 Å². The summed E-state index contributed by atoms with van der Waals surface area (Å²) in [6.07, 6.45) is 7.96. The van der Waals surface area contributed by atoms with Crippen molar-refractivity contribution in [3.8, 4) is 0 Å². The van der Waals surface area contributed by atoms with Crippen LogP contribution in [0.15, 0.2) is 28.6 Å². The molecule has 2 fully saturated rings. The third-order valence-electron chi connectivity index (χ3n) is 6.61. The molecule has 162 valence electrons. The highest BCUT2D eigenvalue weighted by Crippen LogP contribution is 2.38. The highest BCUT2D eigenvalue weighted by Gasteiger charge is 2.47. The van der Waals surface area contributed by atoms with Crippen LogP contribution in [0.2, 0.25) is 0 Å². The maximum absolute atomic E-state index is 13.8. The molecule has 1 saturated heterocycles. The summed E-state index contributed by atoms with van der Waals surface area (Å²) in [6.45, 7) is 0.372. The van der Waals surface area contributed by atoms with Crippen molar-refractivity contribution >= 4 is 27.6 Å². The van der Waals surface area contributed by atoms with Gasteiger partial charge in [-0.2, -0.15) is 4.31 Å². The maximum Gasteiger partial charge on any atom is 0.236 e. The highest BCUT2D eigenvalue weighted by molar-refractivity contribution is 7.92. The fourth-order valence-corrected chi connectivity index (χ4v) is 5.96. The fourth-order valence-electron chi connectivity index (χ4n) is 4.77. The normalized spacial score (nSPS) is 23.4. The van der Waals surface area contributed by atoms with E-state index >= 15 is 0 Å². The molecule has 5 nitrogen and oxygen atoms in total. The van der Waals surface area contributed by atoms with E-state index in [-0.39, 0.29) is 24.4 Å². The van der Waals surface area contributed by atoms with Crippen molar-refractivity contribution < 1.29 is 22.0 Å². The van der Waals surface area contributed by atoms with Gasteiger partial charge in [0.2, 0.25) is 10.0 Å². The first kappa shape index (κ1) is 21.3. The van der Waals surface area contributed by atoms with Crippen LogP contribution in [0.5, 0.6) is 0 Å². The van der Waals surface area contributed by atoms with Gasteiger partial charge in [0.15, 0.2) is 17.4 Å². The number of benzene rings is 1. The van der Waals surface area contributed by atoms with E-state index in [1.807, 2.05) is 0 Å². The number of rotatable bonds is 4. The molecular formula is C22H26F2N2O3S. The predicted octanol–water partition coefficient (Wildman–Crippen LogP) is 4.09. The molecule has 1 aliphatic carbocycles. The van der Waals surface area contributed by atoms with Crippen LogP contribution in [-0.4, -0.2) is 42.8 Å². The van der Waals surface area contributed by atoms with Gasteiger partial charge in [-0.3, -0.25) is 9.79 Å². The topological polar surface area (TPSA) is 66.8 Å². The molecule has 0 unspecified atom stereocenters. The molecule has 1 aromatic rings. The lowest BCUT2D eigenvalue weighted by Gasteiger charge is -2.35. The Morgan fingerprint density at radius 1 is 1.10 bits per heavy atom. The third kappa shape index (κ3) is 4.12. The number of ketones is 1. The summed E-state index contributed by atoms with van der Waals surface area (Å²) in [5.41, 5.74) is 0.106. The zero-order chi connectivity index (χ0) is 21.4. The maximum atomic E-state index is 13.8. The summed E-state index contributed by atoms with van der Waals surface area (Å²) in [6, 6.07) is 3.61. The lowest BCUT2D eigenvalue weighted by Crippen LogP contribution is -2.47. The van der Waals surface area contributed by atoms with E-state index in [1.165, 1.54) is 35.7 Å². The largest absolute Gasteiger partial charge is 0.297 e. The molecule has 4 rings (SSSR count). The number of hydrogen-bond acceptors (Lipinski definition) is 4. The van der Waals surface area contributed by atoms with E-state index in [2.05, 4.69) is 0 Å². The molecule has 1 spiro atoms. The third-order valence-corrected chi connectivity index (χ3v) is 8.17. The van der Waals surface area contributed by atoms with Crippen molar-refractivity contribution in [2.75, 3.05) is 13.1 Å². The molecule has 3 aliphatic rings. The lowest BCUT2D eigenvalue weighted by atomic mass is 9.83. The van der Waals surface area contributed by atoms with Crippen molar-refractivity contribution in [3.05, 3.63) is 40.8 Å². The number of carbonyl (C=O) groups excluding carboxylic acids is 1. The molecular weight excluding hydrogens is 410 g/mol.